The Morgan fingerprint density at radius 3 is 1.03 bits per heavy atom. The zero-order chi connectivity index (χ0) is 65.7. The number of carbonyl (C=O) groups is 1. The molecule has 0 spiro atoms. The van der Waals surface area contributed by atoms with Crippen molar-refractivity contribution < 1.29 is 136 Å². The number of sulfone groups is 3. The highest BCUT2D eigenvalue weighted by atomic mass is 32.3. The standard InChI is InChI=1S/C38H37N9O31S9/c1-20(48)39-27-18-29(32(84(64,65)66)19-28(27)43-40-21-2-4-22(5-3-21)79(52,53)13-10-76-85(67,68)69)44-47-35-37(50)33(45-41-25-8-6-23(16-30(25)82(58,59)60)80(54,55)14-11-77-86(70,71)72)36(49)34(38(35)51)46-42-26-9-7-24(17-31(26)83(61,62)63)81(56,57)15-12-78-87(73,74)75/h2-9,16-19,49-51H,10-15H2,1H3,(H,39,48)(H,58,59,60)(H,61,62,63)(H,64,65,66)(H,67,68,69)(H,70,71,72)(H,73,74,75). The number of nitrogens with zero attached hydrogens (tertiary/aromatic N) is 8. The number of anilines is 1. The van der Waals surface area contributed by atoms with Crippen molar-refractivity contribution in [3.63, 3.8) is 0 Å². The quantitative estimate of drug-likeness (QED) is 0.0263. The average Bonchev–Trinajstić information content (AvgIpc) is 1.16. The van der Waals surface area contributed by atoms with E-state index in [4.69, 9.17) is 13.7 Å². The second-order valence-corrected chi connectivity index (χ2v) is 30.1. The van der Waals surface area contributed by atoms with E-state index in [0.29, 0.717) is 36.4 Å². The Morgan fingerprint density at radius 1 is 0.391 bits per heavy atom. The van der Waals surface area contributed by atoms with Gasteiger partial charge in [0.1, 0.15) is 37.4 Å². The van der Waals surface area contributed by atoms with Gasteiger partial charge in [-0.1, -0.05) is 0 Å². The Hall–Kier alpha value is -7.44. The number of azo groups is 4. The number of amides is 1. The minimum absolute atomic E-state index is 0.185. The molecule has 1 amide bonds. The van der Waals surface area contributed by atoms with Crippen molar-refractivity contribution in [2.75, 3.05) is 42.4 Å². The predicted octanol–water partition coefficient (Wildman–Crippen LogP) is 3.94. The molecule has 5 aromatic rings. The zero-order valence-electron chi connectivity index (χ0n) is 42.4. The average molecular weight is 1400 g/mol. The SMILES string of the molecule is CC(=O)Nc1cc(N=Nc2c(O)c(N=Nc3ccc(S(=O)(=O)CCOS(=O)(=O)O)cc3S(=O)(=O)O)c(O)c(N=Nc3ccc(S(=O)(=O)CCOS(=O)(=O)O)cc3S(=O)(=O)O)c2O)c(S(=O)(=O)O)cc1N=Nc1ccc(S(=O)(=O)CCOS(=O)(=O)O)cc1. The maximum absolute atomic E-state index is 12.9. The Kier molecular flexibility index (Phi) is 21.4. The third-order valence-electron chi connectivity index (χ3n) is 10.1. The van der Waals surface area contributed by atoms with Crippen molar-refractivity contribution in [3.05, 3.63) is 72.8 Å². The Bertz CT molecular complexity index is 4610. The van der Waals surface area contributed by atoms with E-state index in [0.717, 1.165) is 31.2 Å². The second kappa shape index (κ2) is 26.5. The molecule has 0 aliphatic carbocycles. The van der Waals surface area contributed by atoms with E-state index in [-0.39, 0.29) is 17.8 Å². The van der Waals surface area contributed by atoms with Crippen LogP contribution in [-0.2, 0) is 108 Å². The van der Waals surface area contributed by atoms with Gasteiger partial charge < -0.3 is 20.6 Å². The summed E-state index contributed by atoms with van der Waals surface area (Å²) < 4.78 is 287. The number of benzene rings is 5. The van der Waals surface area contributed by atoms with E-state index in [9.17, 15) is 110 Å². The van der Waals surface area contributed by atoms with E-state index in [1.807, 2.05) is 0 Å². The molecule has 0 aliphatic rings. The lowest BCUT2D eigenvalue weighted by Crippen LogP contribution is -2.16. The smallest absolute Gasteiger partial charge is 0.397 e. The first kappa shape index (κ1) is 70.3. The number of hydrogen-bond donors (Lipinski definition) is 10. The molecule has 0 radical (unpaired) electrons. The molecule has 0 unspecified atom stereocenters. The molecule has 0 bridgehead atoms. The molecule has 0 saturated heterocycles. The van der Waals surface area contributed by atoms with Crippen molar-refractivity contribution in [2.45, 2.75) is 36.3 Å². The Morgan fingerprint density at radius 2 is 0.701 bits per heavy atom. The topological polar surface area (TPSA) is 645 Å². The number of hydrogen-bond acceptors (Lipinski definition) is 33. The lowest BCUT2D eigenvalue weighted by Gasteiger charge is -2.12. The first-order valence-electron chi connectivity index (χ1n) is 22.0. The molecule has 0 fully saturated rings. The molecule has 40 nitrogen and oxygen atoms in total. The zero-order valence-corrected chi connectivity index (χ0v) is 49.8. The molecule has 0 atom stereocenters. The van der Waals surface area contributed by atoms with Gasteiger partial charge in [-0.05, 0) is 72.8 Å². The van der Waals surface area contributed by atoms with Gasteiger partial charge >= 0.3 is 31.2 Å². The number of phenolic OH excluding ortho intramolecular Hbond substituents is 3. The van der Waals surface area contributed by atoms with Crippen LogP contribution < -0.4 is 5.32 Å². The van der Waals surface area contributed by atoms with Gasteiger partial charge in [0.25, 0.3) is 30.4 Å². The van der Waals surface area contributed by atoms with Crippen LogP contribution in [0.4, 0.5) is 51.2 Å². The molecule has 0 heterocycles. The van der Waals surface area contributed by atoms with E-state index < -0.39 is 226 Å². The van der Waals surface area contributed by atoms with Gasteiger partial charge in [0.15, 0.2) is 63.8 Å². The molecule has 87 heavy (non-hydrogen) atoms. The van der Waals surface area contributed by atoms with Crippen LogP contribution in [-0.4, -0.2) is 161 Å². The molecule has 474 valence electrons. The number of nitrogens with one attached hydrogen (secondary N) is 1. The summed E-state index contributed by atoms with van der Waals surface area (Å²) in [6, 6.07) is 7.75. The largest absolute Gasteiger partial charge is 0.504 e. The van der Waals surface area contributed by atoms with Crippen LogP contribution in [0.1, 0.15) is 6.92 Å². The summed E-state index contributed by atoms with van der Waals surface area (Å²) in [6.45, 7) is -2.51. The maximum Gasteiger partial charge on any atom is 0.397 e. The van der Waals surface area contributed by atoms with Gasteiger partial charge in [-0.3, -0.25) is 32.1 Å². The predicted molar refractivity (Wildman–Crippen MR) is 286 cm³/mol. The summed E-state index contributed by atoms with van der Waals surface area (Å²) in [6.07, 6.45) is 0. The van der Waals surface area contributed by atoms with Crippen LogP contribution in [0.25, 0.3) is 0 Å². The van der Waals surface area contributed by atoms with Crippen LogP contribution in [0, 0.1) is 0 Å². The van der Waals surface area contributed by atoms with Crippen molar-refractivity contribution in [1.82, 2.24) is 0 Å². The van der Waals surface area contributed by atoms with Gasteiger partial charge in [0, 0.05) is 6.92 Å². The monoisotopic (exact) mass is 1400 g/mol. The summed E-state index contributed by atoms with van der Waals surface area (Å²) in [4.78, 5) is 5.82. The van der Waals surface area contributed by atoms with Crippen molar-refractivity contribution in [1.29, 1.82) is 0 Å². The summed E-state index contributed by atoms with van der Waals surface area (Å²) in [5.74, 6) is -9.26. The molecule has 10 N–H and O–H groups in total. The van der Waals surface area contributed by atoms with Crippen LogP contribution in [0.15, 0.2) is 143 Å². The fraction of sp³-hybridized carbons (Fsp3) is 0.184. The first-order chi connectivity index (χ1) is 39.7. The van der Waals surface area contributed by atoms with Gasteiger partial charge in [-0.2, -0.15) is 55.6 Å². The Balaban J connectivity index is 1.73. The highest BCUT2D eigenvalue weighted by Gasteiger charge is 2.30. The van der Waals surface area contributed by atoms with Crippen LogP contribution in [0.2, 0.25) is 0 Å². The summed E-state index contributed by atoms with van der Waals surface area (Å²) in [5.41, 5.74) is -8.88. The fourth-order valence-electron chi connectivity index (χ4n) is 6.37. The van der Waals surface area contributed by atoms with Gasteiger partial charge in [-0.25, -0.2) is 37.8 Å². The molecule has 5 rings (SSSR count). The number of aromatic hydroxyl groups is 3. The van der Waals surface area contributed by atoms with Crippen molar-refractivity contribution in [2.24, 2.45) is 40.9 Å². The normalized spacial score (nSPS) is 13.6. The maximum atomic E-state index is 12.9. The lowest BCUT2D eigenvalue weighted by molar-refractivity contribution is -0.114. The van der Waals surface area contributed by atoms with Gasteiger partial charge in [0.2, 0.25) is 5.91 Å². The number of phenols is 3. The highest BCUT2D eigenvalue weighted by molar-refractivity contribution is 7.92. The number of rotatable bonds is 27. The van der Waals surface area contributed by atoms with E-state index in [2.05, 4.69) is 58.8 Å². The summed E-state index contributed by atoms with van der Waals surface area (Å²) >= 11 is 0. The molecular formula is C38H37N9O31S9. The van der Waals surface area contributed by atoms with E-state index in [1.165, 1.54) is 0 Å². The minimum Gasteiger partial charge on any atom is -0.504 e. The third-order valence-corrected chi connectivity index (χ3v) is 19.2. The van der Waals surface area contributed by atoms with E-state index >= 15 is 0 Å². The first-order valence-corrected chi connectivity index (χ1v) is 35.3. The van der Waals surface area contributed by atoms with Crippen LogP contribution >= 0.6 is 0 Å². The van der Waals surface area contributed by atoms with Crippen molar-refractivity contribution >= 4 is 148 Å². The molecule has 5 aromatic carbocycles. The lowest BCUT2D eigenvalue weighted by atomic mass is 10.2. The highest BCUT2D eigenvalue weighted by Crippen LogP contribution is 2.57. The van der Waals surface area contributed by atoms with Crippen LogP contribution in [0.3, 0.4) is 0 Å². The summed E-state index contributed by atoms with van der Waals surface area (Å²) in [5, 5.41) is 65.2. The molecule has 49 heteroatoms. The molecule has 0 aliphatic heterocycles. The molecule has 0 saturated carbocycles. The second-order valence-electron chi connectivity index (χ2n) is 16.3. The summed E-state index contributed by atoms with van der Waals surface area (Å²) in [7, 11) is -45.9. The third kappa shape index (κ3) is 19.8. The van der Waals surface area contributed by atoms with E-state index in [1.54, 1.807) is 0 Å². The fourth-order valence-corrected chi connectivity index (χ4v) is 13.0. The number of carbonyl (C=O) groups excluding carboxylic acids is 1. The minimum atomic E-state index is -5.60. The van der Waals surface area contributed by atoms with Crippen LogP contribution in [0.5, 0.6) is 17.2 Å². The van der Waals surface area contributed by atoms with Gasteiger partial charge in [0.05, 0.1) is 63.1 Å². The molecule has 0 aromatic heterocycles. The van der Waals surface area contributed by atoms with Crippen molar-refractivity contribution in [3.8, 4) is 17.2 Å². The Labute approximate surface area is 490 Å². The van der Waals surface area contributed by atoms with Gasteiger partial charge in [-0.15, -0.1) is 35.8 Å². The molecular weight excluding hydrogens is 1370 g/mol.